The summed E-state index contributed by atoms with van der Waals surface area (Å²) < 4.78 is 6.21. The van der Waals surface area contributed by atoms with E-state index in [9.17, 15) is 4.79 Å². The van der Waals surface area contributed by atoms with E-state index in [-0.39, 0.29) is 5.97 Å². The van der Waals surface area contributed by atoms with Crippen LogP contribution < -0.4 is 4.74 Å². The molecule has 2 rings (SSSR count). The van der Waals surface area contributed by atoms with Crippen molar-refractivity contribution >= 4 is 21.9 Å². The van der Waals surface area contributed by atoms with Gasteiger partial charge in [0.25, 0.3) is 0 Å². The topological polar surface area (TPSA) is 26.3 Å². The number of esters is 1. The van der Waals surface area contributed by atoms with Crippen LogP contribution in [0.2, 0.25) is 0 Å². The van der Waals surface area contributed by atoms with Crippen LogP contribution in [0.25, 0.3) is 0 Å². The molecule has 0 atom stereocenters. The molecule has 0 heterocycles. The Morgan fingerprint density at radius 2 is 2.07 bits per heavy atom. The van der Waals surface area contributed by atoms with Crippen molar-refractivity contribution in [2.45, 2.75) is 32.6 Å². The molecule has 0 spiro atoms. The Bertz CT molecular complexity index is 399. The molecule has 15 heavy (non-hydrogen) atoms. The van der Waals surface area contributed by atoms with Gasteiger partial charge in [-0.05, 0) is 48.9 Å². The zero-order valence-electron chi connectivity index (χ0n) is 8.68. The monoisotopic (exact) mass is 268 g/mol. The number of carbonyl (C=O) groups excluding carboxylic acids is 1. The van der Waals surface area contributed by atoms with Gasteiger partial charge in [0.05, 0.1) is 0 Å². The van der Waals surface area contributed by atoms with Gasteiger partial charge in [-0.1, -0.05) is 15.9 Å². The zero-order valence-corrected chi connectivity index (χ0v) is 10.3. The largest absolute Gasteiger partial charge is 0.426 e. The number of aryl methyl sites for hydroxylation is 1. The van der Waals surface area contributed by atoms with Crippen LogP contribution in [0.1, 0.15) is 30.9 Å². The minimum atomic E-state index is -0.249. The van der Waals surface area contributed by atoms with Crippen LogP contribution in [0.5, 0.6) is 5.75 Å². The summed E-state index contributed by atoms with van der Waals surface area (Å²) in [6, 6.07) is 4.01. The zero-order chi connectivity index (χ0) is 10.8. The molecule has 2 nitrogen and oxygen atoms in total. The van der Waals surface area contributed by atoms with Gasteiger partial charge < -0.3 is 4.74 Å². The highest BCUT2D eigenvalue weighted by molar-refractivity contribution is 9.10. The molecule has 0 saturated carbocycles. The fraction of sp³-hybridized carbons (Fsp3) is 0.417. The van der Waals surface area contributed by atoms with Gasteiger partial charge in [-0.3, -0.25) is 4.79 Å². The highest BCUT2D eigenvalue weighted by Gasteiger charge is 2.16. The highest BCUT2D eigenvalue weighted by atomic mass is 79.9. The molecule has 0 bridgehead atoms. The first-order valence-corrected chi connectivity index (χ1v) is 5.96. The minimum Gasteiger partial charge on any atom is -0.426 e. The van der Waals surface area contributed by atoms with Crippen LogP contribution in [-0.4, -0.2) is 5.97 Å². The van der Waals surface area contributed by atoms with E-state index in [1.807, 2.05) is 6.07 Å². The van der Waals surface area contributed by atoms with Crippen LogP contribution in [-0.2, 0) is 17.6 Å². The second-order valence-electron chi connectivity index (χ2n) is 3.84. The molecule has 1 aliphatic carbocycles. The summed E-state index contributed by atoms with van der Waals surface area (Å²) in [6.07, 6.45) is 4.51. The Labute approximate surface area is 97.8 Å². The van der Waals surface area contributed by atoms with Crippen LogP contribution in [0.15, 0.2) is 16.6 Å². The quantitative estimate of drug-likeness (QED) is 0.577. The second kappa shape index (κ2) is 4.35. The second-order valence-corrected chi connectivity index (χ2v) is 4.76. The average Bonchev–Trinajstić information content (AvgIpc) is 2.16. The van der Waals surface area contributed by atoms with E-state index in [1.165, 1.54) is 30.9 Å². The fourth-order valence-electron chi connectivity index (χ4n) is 2.04. The van der Waals surface area contributed by atoms with Gasteiger partial charge in [0, 0.05) is 11.4 Å². The molecule has 0 amide bonds. The summed E-state index contributed by atoms with van der Waals surface area (Å²) >= 11 is 3.44. The summed E-state index contributed by atoms with van der Waals surface area (Å²) in [5.74, 6) is 0.479. The molecule has 0 aliphatic heterocycles. The van der Waals surface area contributed by atoms with Crippen LogP contribution >= 0.6 is 15.9 Å². The molecule has 1 aliphatic rings. The van der Waals surface area contributed by atoms with Crippen LogP contribution in [0.4, 0.5) is 0 Å². The Kier molecular flexibility index (Phi) is 3.10. The van der Waals surface area contributed by atoms with Gasteiger partial charge in [-0.15, -0.1) is 0 Å². The van der Waals surface area contributed by atoms with Gasteiger partial charge in [0.1, 0.15) is 5.75 Å². The smallest absolute Gasteiger partial charge is 0.308 e. The van der Waals surface area contributed by atoms with E-state index in [2.05, 4.69) is 22.0 Å². The minimum absolute atomic E-state index is 0.249. The van der Waals surface area contributed by atoms with E-state index < -0.39 is 0 Å². The van der Waals surface area contributed by atoms with E-state index in [0.29, 0.717) is 0 Å². The molecule has 0 saturated heterocycles. The van der Waals surface area contributed by atoms with E-state index in [4.69, 9.17) is 4.74 Å². The average molecular weight is 269 g/mol. The maximum absolute atomic E-state index is 11.0. The van der Waals surface area contributed by atoms with Crippen molar-refractivity contribution in [3.05, 3.63) is 27.7 Å². The molecule has 0 N–H and O–H groups in total. The molecule has 0 unspecified atom stereocenters. The number of fused-ring (bicyclic) bond motifs is 1. The summed E-state index contributed by atoms with van der Waals surface area (Å²) in [5.41, 5.74) is 2.52. The maximum atomic E-state index is 11.0. The Morgan fingerprint density at radius 3 is 2.80 bits per heavy atom. The van der Waals surface area contributed by atoms with Crippen molar-refractivity contribution in [3.63, 3.8) is 0 Å². The van der Waals surface area contributed by atoms with Gasteiger partial charge in [0.2, 0.25) is 0 Å². The summed E-state index contributed by atoms with van der Waals surface area (Å²) in [4.78, 5) is 11.0. The third-order valence-corrected chi connectivity index (χ3v) is 3.10. The standard InChI is InChI=1S/C12H13BrO2/c1-8(14)15-12-7-10(13)6-9-4-2-3-5-11(9)12/h6-7H,2-5H2,1H3. The third-order valence-electron chi connectivity index (χ3n) is 2.64. The lowest BCUT2D eigenvalue weighted by atomic mass is 9.91. The molecule has 0 fully saturated rings. The van der Waals surface area contributed by atoms with Gasteiger partial charge in [0.15, 0.2) is 0 Å². The summed E-state index contributed by atoms with van der Waals surface area (Å²) in [5, 5.41) is 0. The highest BCUT2D eigenvalue weighted by Crippen LogP contribution is 2.33. The van der Waals surface area contributed by atoms with Gasteiger partial charge in [-0.25, -0.2) is 0 Å². The van der Waals surface area contributed by atoms with Crippen LogP contribution in [0, 0.1) is 0 Å². The Balaban J connectivity index is 2.43. The Hall–Kier alpha value is -0.830. The molecule has 0 aromatic heterocycles. The molecule has 1 aromatic rings. The number of rotatable bonds is 1. The first-order chi connectivity index (χ1) is 7.16. The number of hydrogen-bond acceptors (Lipinski definition) is 2. The van der Waals surface area contributed by atoms with Crippen molar-refractivity contribution in [3.8, 4) is 5.75 Å². The number of carbonyl (C=O) groups is 1. The predicted molar refractivity (Wildman–Crippen MR) is 62.1 cm³/mol. The van der Waals surface area contributed by atoms with Crippen LogP contribution in [0.3, 0.4) is 0 Å². The molecule has 80 valence electrons. The molecule has 3 heteroatoms. The number of ether oxygens (including phenoxy) is 1. The van der Waals surface area contributed by atoms with E-state index in [0.717, 1.165) is 23.1 Å². The van der Waals surface area contributed by atoms with Gasteiger partial charge >= 0.3 is 5.97 Å². The summed E-state index contributed by atoms with van der Waals surface area (Å²) in [6.45, 7) is 1.44. The number of halogens is 1. The predicted octanol–water partition coefficient (Wildman–Crippen LogP) is 3.25. The lowest BCUT2D eigenvalue weighted by Crippen LogP contribution is -2.09. The molecular weight excluding hydrogens is 256 g/mol. The van der Waals surface area contributed by atoms with Crippen molar-refractivity contribution < 1.29 is 9.53 Å². The Morgan fingerprint density at radius 1 is 1.33 bits per heavy atom. The van der Waals surface area contributed by atoms with Crippen molar-refractivity contribution in [2.75, 3.05) is 0 Å². The molecule has 1 aromatic carbocycles. The van der Waals surface area contributed by atoms with E-state index >= 15 is 0 Å². The first-order valence-electron chi connectivity index (χ1n) is 5.16. The fourth-order valence-corrected chi connectivity index (χ4v) is 2.52. The lowest BCUT2D eigenvalue weighted by molar-refractivity contribution is -0.131. The first kappa shape index (κ1) is 10.7. The number of benzene rings is 1. The van der Waals surface area contributed by atoms with Gasteiger partial charge in [-0.2, -0.15) is 0 Å². The molecular formula is C12H13BrO2. The van der Waals surface area contributed by atoms with E-state index in [1.54, 1.807) is 0 Å². The number of hydrogen-bond donors (Lipinski definition) is 0. The third kappa shape index (κ3) is 2.40. The van der Waals surface area contributed by atoms with Crippen molar-refractivity contribution in [1.82, 2.24) is 0 Å². The maximum Gasteiger partial charge on any atom is 0.308 e. The summed E-state index contributed by atoms with van der Waals surface area (Å²) in [7, 11) is 0. The molecule has 0 radical (unpaired) electrons. The SMILES string of the molecule is CC(=O)Oc1cc(Br)cc2c1CCCC2. The normalized spacial score (nSPS) is 14.5. The lowest BCUT2D eigenvalue weighted by Gasteiger charge is -2.19. The van der Waals surface area contributed by atoms with Crippen molar-refractivity contribution in [1.29, 1.82) is 0 Å². The van der Waals surface area contributed by atoms with Crippen molar-refractivity contribution in [2.24, 2.45) is 0 Å².